The number of hydrogen-bond donors (Lipinski definition) is 2. The van der Waals surface area contributed by atoms with Crippen LogP contribution in [-0.2, 0) is 0 Å². The van der Waals surface area contributed by atoms with Crippen molar-refractivity contribution < 1.29 is 5.11 Å². The topological polar surface area (TPSA) is 46.2 Å². The zero-order valence-electron chi connectivity index (χ0n) is 7.13. The Kier molecular flexibility index (Phi) is 2.75. The number of benzene rings is 1. The van der Waals surface area contributed by atoms with Gasteiger partial charge in [0.2, 0.25) is 0 Å². The van der Waals surface area contributed by atoms with Crippen LogP contribution in [0.1, 0.15) is 24.1 Å². The van der Waals surface area contributed by atoms with E-state index in [-0.39, 0.29) is 11.8 Å². The van der Waals surface area contributed by atoms with Crippen LogP contribution < -0.4 is 5.73 Å². The number of hydrogen-bond acceptors (Lipinski definition) is 2. The van der Waals surface area contributed by atoms with Gasteiger partial charge < -0.3 is 10.8 Å². The molecule has 2 nitrogen and oxygen atoms in total. The highest BCUT2D eigenvalue weighted by molar-refractivity contribution is 9.10. The van der Waals surface area contributed by atoms with E-state index in [2.05, 4.69) is 15.9 Å². The fraction of sp³-hybridized carbons (Fsp3) is 0.333. The standard InChI is InChI=1S/C9H12BrNO/c1-5-3-4-7(12)8(6(2)11)9(5)10/h3-4,6,12H,11H2,1-2H3. The molecule has 0 spiro atoms. The molecule has 0 saturated carbocycles. The van der Waals surface area contributed by atoms with Gasteiger partial charge in [0.15, 0.2) is 0 Å². The van der Waals surface area contributed by atoms with Crippen molar-refractivity contribution in [2.24, 2.45) is 5.73 Å². The van der Waals surface area contributed by atoms with E-state index < -0.39 is 0 Å². The summed E-state index contributed by atoms with van der Waals surface area (Å²) in [7, 11) is 0. The van der Waals surface area contributed by atoms with Crippen LogP contribution in [0, 0.1) is 6.92 Å². The van der Waals surface area contributed by atoms with Gasteiger partial charge in [0.05, 0.1) is 0 Å². The zero-order chi connectivity index (χ0) is 9.30. The maximum Gasteiger partial charge on any atom is 0.121 e. The smallest absolute Gasteiger partial charge is 0.121 e. The van der Waals surface area contributed by atoms with E-state index in [1.54, 1.807) is 6.07 Å². The van der Waals surface area contributed by atoms with E-state index >= 15 is 0 Å². The molecule has 0 aliphatic carbocycles. The molecule has 0 aromatic heterocycles. The van der Waals surface area contributed by atoms with Gasteiger partial charge in [0, 0.05) is 16.1 Å². The first-order valence-electron chi connectivity index (χ1n) is 3.77. The highest BCUT2D eigenvalue weighted by Gasteiger charge is 2.11. The van der Waals surface area contributed by atoms with Crippen LogP contribution in [0.15, 0.2) is 16.6 Å². The van der Waals surface area contributed by atoms with Gasteiger partial charge >= 0.3 is 0 Å². The summed E-state index contributed by atoms with van der Waals surface area (Å²) in [6, 6.07) is 3.36. The van der Waals surface area contributed by atoms with E-state index in [1.165, 1.54) is 0 Å². The first-order valence-corrected chi connectivity index (χ1v) is 4.57. The predicted octanol–water partition coefficient (Wildman–Crippen LogP) is 2.48. The molecule has 0 amide bonds. The van der Waals surface area contributed by atoms with E-state index in [9.17, 15) is 5.11 Å². The molecule has 1 rings (SSSR count). The minimum absolute atomic E-state index is 0.153. The quantitative estimate of drug-likeness (QED) is 0.778. The Balaban J connectivity index is 3.33. The highest BCUT2D eigenvalue weighted by atomic mass is 79.9. The number of phenolic OH excluding ortho intramolecular Hbond substituents is 1. The van der Waals surface area contributed by atoms with Gasteiger partial charge in [-0.05, 0) is 25.5 Å². The Morgan fingerprint density at radius 3 is 2.50 bits per heavy atom. The summed E-state index contributed by atoms with van der Waals surface area (Å²) in [5.74, 6) is 0.252. The molecule has 0 fully saturated rings. The first kappa shape index (κ1) is 9.55. The maximum atomic E-state index is 9.48. The van der Waals surface area contributed by atoms with Gasteiger partial charge in [-0.3, -0.25) is 0 Å². The average molecular weight is 230 g/mol. The van der Waals surface area contributed by atoms with Crippen LogP contribution in [0.25, 0.3) is 0 Å². The lowest BCUT2D eigenvalue weighted by Gasteiger charge is -2.12. The van der Waals surface area contributed by atoms with E-state index in [0.29, 0.717) is 0 Å². The highest BCUT2D eigenvalue weighted by Crippen LogP contribution is 2.32. The van der Waals surface area contributed by atoms with Crippen molar-refractivity contribution in [2.75, 3.05) is 0 Å². The third-order valence-corrected chi connectivity index (χ3v) is 2.86. The fourth-order valence-corrected chi connectivity index (χ4v) is 1.82. The molecule has 66 valence electrons. The summed E-state index contributed by atoms with van der Waals surface area (Å²) in [4.78, 5) is 0. The van der Waals surface area contributed by atoms with E-state index in [1.807, 2.05) is 19.9 Å². The third kappa shape index (κ3) is 1.62. The van der Waals surface area contributed by atoms with Crippen LogP contribution in [0.3, 0.4) is 0 Å². The minimum atomic E-state index is -0.153. The molecule has 0 radical (unpaired) electrons. The number of aromatic hydroxyl groups is 1. The molecule has 1 aromatic carbocycles. The summed E-state index contributed by atoms with van der Waals surface area (Å²) in [6.07, 6.45) is 0. The number of rotatable bonds is 1. The molecule has 0 heterocycles. The molecule has 1 unspecified atom stereocenters. The van der Waals surface area contributed by atoms with Crippen molar-refractivity contribution in [3.05, 3.63) is 27.7 Å². The molecule has 1 aromatic rings. The molecule has 0 aliphatic rings. The molecule has 1 atom stereocenters. The van der Waals surface area contributed by atoms with Crippen molar-refractivity contribution in [1.29, 1.82) is 0 Å². The molecule has 0 saturated heterocycles. The molecular weight excluding hydrogens is 218 g/mol. The Hall–Kier alpha value is -0.540. The maximum absolute atomic E-state index is 9.48. The molecule has 12 heavy (non-hydrogen) atoms. The summed E-state index contributed by atoms with van der Waals surface area (Å²) < 4.78 is 0.900. The van der Waals surface area contributed by atoms with Crippen LogP contribution in [0.4, 0.5) is 0 Å². The second-order valence-electron chi connectivity index (χ2n) is 2.92. The summed E-state index contributed by atoms with van der Waals surface area (Å²) in [5.41, 5.74) is 7.55. The molecule has 3 N–H and O–H groups in total. The average Bonchev–Trinajstić information content (AvgIpc) is 1.97. The van der Waals surface area contributed by atoms with Crippen LogP contribution in [0.2, 0.25) is 0 Å². The molecular formula is C9H12BrNO. The molecule has 0 bridgehead atoms. The Bertz CT molecular complexity index is 297. The third-order valence-electron chi connectivity index (χ3n) is 1.81. The van der Waals surface area contributed by atoms with Gasteiger partial charge in [-0.2, -0.15) is 0 Å². The van der Waals surface area contributed by atoms with Crippen molar-refractivity contribution in [1.82, 2.24) is 0 Å². The van der Waals surface area contributed by atoms with Crippen molar-refractivity contribution in [2.45, 2.75) is 19.9 Å². The Morgan fingerprint density at radius 2 is 2.08 bits per heavy atom. The summed E-state index contributed by atoms with van der Waals surface area (Å²) >= 11 is 3.39. The van der Waals surface area contributed by atoms with Crippen LogP contribution in [-0.4, -0.2) is 5.11 Å². The molecule has 0 aliphatic heterocycles. The molecule has 3 heteroatoms. The lowest BCUT2D eigenvalue weighted by Crippen LogP contribution is -2.06. The summed E-state index contributed by atoms with van der Waals surface area (Å²) in [6.45, 7) is 3.81. The lowest BCUT2D eigenvalue weighted by molar-refractivity contribution is 0.463. The summed E-state index contributed by atoms with van der Waals surface area (Å²) in [5, 5.41) is 9.48. The normalized spacial score (nSPS) is 13.0. The fourth-order valence-electron chi connectivity index (χ4n) is 1.12. The van der Waals surface area contributed by atoms with E-state index in [0.717, 1.165) is 15.6 Å². The zero-order valence-corrected chi connectivity index (χ0v) is 8.72. The van der Waals surface area contributed by atoms with Crippen LogP contribution >= 0.6 is 15.9 Å². The second kappa shape index (κ2) is 3.46. The minimum Gasteiger partial charge on any atom is -0.508 e. The Morgan fingerprint density at radius 1 is 1.50 bits per heavy atom. The SMILES string of the molecule is Cc1ccc(O)c(C(C)N)c1Br. The van der Waals surface area contributed by atoms with Crippen LogP contribution in [0.5, 0.6) is 5.75 Å². The monoisotopic (exact) mass is 229 g/mol. The van der Waals surface area contributed by atoms with Gasteiger partial charge in [-0.25, -0.2) is 0 Å². The second-order valence-corrected chi connectivity index (χ2v) is 3.71. The van der Waals surface area contributed by atoms with Crippen molar-refractivity contribution >= 4 is 15.9 Å². The predicted molar refractivity (Wildman–Crippen MR) is 53.1 cm³/mol. The Labute approximate surface area is 80.5 Å². The van der Waals surface area contributed by atoms with E-state index in [4.69, 9.17) is 5.73 Å². The first-order chi connectivity index (χ1) is 5.54. The number of halogens is 1. The number of nitrogens with two attached hydrogens (primary N) is 1. The number of aryl methyl sites for hydroxylation is 1. The van der Waals surface area contributed by atoms with Gasteiger partial charge in [0.1, 0.15) is 5.75 Å². The van der Waals surface area contributed by atoms with Gasteiger partial charge in [0.25, 0.3) is 0 Å². The van der Waals surface area contributed by atoms with Crippen molar-refractivity contribution in [3.8, 4) is 5.75 Å². The van der Waals surface area contributed by atoms with Gasteiger partial charge in [-0.1, -0.05) is 22.0 Å². The van der Waals surface area contributed by atoms with Gasteiger partial charge in [-0.15, -0.1) is 0 Å². The largest absolute Gasteiger partial charge is 0.508 e. The number of phenols is 1. The lowest BCUT2D eigenvalue weighted by atomic mass is 10.1. The van der Waals surface area contributed by atoms with Crippen molar-refractivity contribution in [3.63, 3.8) is 0 Å².